The summed E-state index contributed by atoms with van der Waals surface area (Å²) in [6, 6.07) is 2.10. The van der Waals surface area contributed by atoms with Crippen LogP contribution in [0.4, 0.5) is 13.6 Å². The van der Waals surface area contributed by atoms with Crippen LogP contribution >= 0.6 is 15.9 Å². The first-order chi connectivity index (χ1) is 12.4. The van der Waals surface area contributed by atoms with Crippen LogP contribution in [-0.2, 0) is 10.3 Å². The molecule has 1 saturated carbocycles. The lowest BCUT2D eigenvalue weighted by atomic mass is 10.2. The zero-order valence-corrected chi connectivity index (χ0v) is 17.4. The molecule has 1 aromatic carbocycles. The Hall–Kier alpha value is -2.03. The Morgan fingerprint density at radius 2 is 1.96 bits per heavy atom. The second-order valence-corrected chi connectivity index (χ2v) is 8.54. The number of aryl methyl sites for hydroxylation is 1. The highest BCUT2D eigenvalue weighted by atomic mass is 79.9. The normalized spacial score (nSPS) is 15.6. The van der Waals surface area contributed by atoms with Crippen molar-refractivity contribution in [3.05, 3.63) is 39.9 Å². The summed E-state index contributed by atoms with van der Waals surface area (Å²) < 4.78 is 35.2. The summed E-state index contributed by atoms with van der Waals surface area (Å²) in [5, 5.41) is 4.25. The van der Waals surface area contributed by atoms with Crippen molar-refractivity contribution in [3.63, 3.8) is 0 Å². The molecule has 1 amide bonds. The summed E-state index contributed by atoms with van der Waals surface area (Å²) in [7, 11) is 1.62. The Balaban J connectivity index is 2.06. The minimum absolute atomic E-state index is 0.0121. The molecule has 0 radical (unpaired) electrons. The van der Waals surface area contributed by atoms with Crippen LogP contribution in [0.1, 0.15) is 45.3 Å². The van der Waals surface area contributed by atoms with Crippen molar-refractivity contribution in [2.24, 2.45) is 0 Å². The largest absolute Gasteiger partial charge is 0.444 e. The molecule has 1 aliphatic rings. The lowest BCUT2D eigenvalue weighted by molar-refractivity contribution is 0.0178. The number of nitrogens with zero attached hydrogens (tertiary/aromatic N) is 4. The fourth-order valence-corrected chi connectivity index (χ4v) is 3.34. The van der Waals surface area contributed by atoms with Crippen LogP contribution in [0.2, 0.25) is 0 Å². The van der Waals surface area contributed by atoms with E-state index in [9.17, 15) is 13.6 Å². The topological polar surface area (TPSA) is 60.3 Å². The molecule has 3 rings (SSSR count). The van der Waals surface area contributed by atoms with E-state index < -0.39 is 28.9 Å². The van der Waals surface area contributed by atoms with E-state index in [0.29, 0.717) is 24.5 Å². The summed E-state index contributed by atoms with van der Waals surface area (Å²) in [6.45, 7) is 7.01. The molecule has 146 valence electrons. The second-order valence-electron chi connectivity index (χ2n) is 7.69. The van der Waals surface area contributed by atoms with Crippen molar-refractivity contribution in [2.75, 3.05) is 7.05 Å². The van der Waals surface area contributed by atoms with Crippen molar-refractivity contribution in [3.8, 4) is 5.69 Å². The molecule has 2 aromatic rings. The van der Waals surface area contributed by atoms with Crippen LogP contribution in [0.25, 0.3) is 5.69 Å². The van der Waals surface area contributed by atoms with Crippen molar-refractivity contribution in [1.29, 1.82) is 0 Å². The molecule has 1 aliphatic carbocycles. The molecule has 1 fully saturated rings. The van der Waals surface area contributed by atoms with Crippen molar-refractivity contribution < 1.29 is 18.3 Å². The van der Waals surface area contributed by atoms with Gasteiger partial charge in [0.25, 0.3) is 0 Å². The van der Waals surface area contributed by atoms with E-state index in [1.54, 1.807) is 34.7 Å². The summed E-state index contributed by atoms with van der Waals surface area (Å²) in [5.74, 6) is -0.487. The highest BCUT2D eigenvalue weighted by Gasteiger charge is 2.55. The number of carbonyl (C=O) groups excluding carboxylic acids is 1. The first-order valence-corrected chi connectivity index (χ1v) is 9.30. The quantitative estimate of drug-likeness (QED) is 0.657. The lowest BCUT2D eigenvalue weighted by Crippen LogP contribution is -2.42. The smallest absolute Gasteiger partial charge is 0.410 e. The Labute approximate surface area is 164 Å². The molecular formula is C18H21BrF2N4O2. The van der Waals surface area contributed by atoms with Gasteiger partial charge in [0, 0.05) is 13.1 Å². The first-order valence-electron chi connectivity index (χ1n) is 8.50. The number of hydrogen-bond donors (Lipinski definition) is 0. The van der Waals surface area contributed by atoms with Gasteiger partial charge in [0.15, 0.2) is 11.6 Å². The standard InChI is InChI=1S/C18H21BrF2N4O2/c1-10-22-15(18(6-7-18)24(5)16(26)27-17(2,3)4)25(23-10)13-9-11(20)8-12(19)14(13)21/h8-9H,6-7H2,1-5H3. The van der Waals surface area contributed by atoms with Crippen LogP contribution in [0.15, 0.2) is 16.6 Å². The number of rotatable bonds is 3. The Morgan fingerprint density at radius 3 is 2.52 bits per heavy atom. The SMILES string of the molecule is Cc1nc(C2(N(C)C(=O)OC(C)(C)C)CC2)n(-c2cc(F)cc(Br)c2F)n1. The number of amides is 1. The van der Waals surface area contributed by atoms with Crippen LogP contribution in [0, 0.1) is 18.6 Å². The van der Waals surface area contributed by atoms with Gasteiger partial charge in [-0.25, -0.2) is 23.2 Å². The van der Waals surface area contributed by atoms with E-state index in [0.717, 1.165) is 12.1 Å². The maximum atomic E-state index is 14.6. The van der Waals surface area contributed by atoms with E-state index in [1.165, 1.54) is 9.58 Å². The molecule has 9 heteroatoms. The van der Waals surface area contributed by atoms with Crippen molar-refractivity contribution in [2.45, 2.75) is 51.7 Å². The molecule has 0 saturated heterocycles. The van der Waals surface area contributed by atoms with E-state index in [-0.39, 0.29) is 10.2 Å². The van der Waals surface area contributed by atoms with Gasteiger partial charge in [0.2, 0.25) is 0 Å². The molecule has 0 atom stereocenters. The number of halogens is 3. The van der Waals surface area contributed by atoms with Gasteiger partial charge in [-0.3, -0.25) is 4.90 Å². The molecule has 27 heavy (non-hydrogen) atoms. The predicted molar refractivity (Wildman–Crippen MR) is 98.6 cm³/mol. The second kappa shape index (κ2) is 6.54. The van der Waals surface area contributed by atoms with Crippen molar-refractivity contribution >= 4 is 22.0 Å². The maximum absolute atomic E-state index is 14.6. The third-order valence-corrected chi connectivity index (χ3v) is 4.94. The Bertz CT molecular complexity index is 903. The molecule has 0 aliphatic heterocycles. The van der Waals surface area contributed by atoms with Crippen molar-refractivity contribution in [1.82, 2.24) is 19.7 Å². The fraction of sp³-hybridized carbons (Fsp3) is 0.500. The molecule has 1 heterocycles. The minimum atomic E-state index is -0.769. The van der Waals surface area contributed by atoms with E-state index in [4.69, 9.17) is 4.74 Å². The van der Waals surface area contributed by atoms with Crippen LogP contribution in [-0.4, -0.2) is 38.4 Å². The molecule has 0 unspecified atom stereocenters. The van der Waals surface area contributed by atoms with Crippen LogP contribution in [0.5, 0.6) is 0 Å². The van der Waals surface area contributed by atoms with Gasteiger partial charge in [-0.05, 0) is 62.5 Å². The van der Waals surface area contributed by atoms with Gasteiger partial charge in [-0.1, -0.05) is 0 Å². The third kappa shape index (κ3) is 3.69. The predicted octanol–water partition coefficient (Wildman–Crippen LogP) is 4.47. The van der Waals surface area contributed by atoms with Crippen LogP contribution in [0.3, 0.4) is 0 Å². The highest BCUT2D eigenvalue weighted by molar-refractivity contribution is 9.10. The van der Waals surface area contributed by atoms with E-state index in [2.05, 4.69) is 26.0 Å². The van der Waals surface area contributed by atoms with Gasteiger partial charge >= 0.3 is 6.09 Å². The molecular weight excluding hydrogens is 422 g/mol. The third-order valence-electron chi connectivity index (χ3n) is 4.36. The summed E-state index contributed by atoms with van der Waals surface area (Å²) >= 11 is 3.02. The number of hydrogen-bond acceptors (Lipinski definition) is 4. The first kappa shape index (κ1) is 19.7. The van der Waals surface area contributed by atoms with Gasteiger partial charge < -0.3 is 4.74 Å². The molecule has 0 bridgehead atoms. The zero-order chi connectivity index (χ0) is 20.1. The zero-order valence-electron chi connectivity index (χ0n) is 15.8. The number of aromatic nitrogens is 3. The highest BCUT2D eigenvalue weighted by Crippen LogP contribution is 2.50. The molecule has 6 nitrogen and oxygen atoms in total. The molecule has 1 aromatic heterocycles. The van der Waals surface area contributed by atoms with Gasteiger partial charge in [0.1, 0.15) is 28.5 Å². The number of benzene rings is 1. The minimum Gasteiger partial charge on any atom is -0.444 e. The van der Waals surface area contributed by atoms with E-state index in [1.807, 2.05) is 0 Å². The van der Waals surface area contributed by atoms with Gasteiger partial charge in [0.05, 0.1) is 4.47 Å². The summed E-state index contributed by atoms with van der Waals surface area (Å²) in [4.78, 5) is 18.4. The van der Waals surface area contributed by atoms with Crippen LogP contribution < -0.4 is 0 Å². The average molecular weight is 443 g/mol. The molecule has 0 N–H and O–H groups in total. The van der Waals surface area contributed by atoms with Gasteiger partial charge in [-0.2, -0.15) is 5.10 Å². The summed E-state index contributed by atoms with van der Waals surface area (Å²) in [5.41, 5.74) is -1.49. The molecule has 0 spiro atoms. The number of ether oxygens (including phenoxy) is 1. The monoisotopic (exact) mass is 442 g/mol. The number of carbonyl (C=O) groups is 1. The Morgan fingerprint density at radius 1 is 1.33 bits per heavy atom. The lowest BCUT2D eigenvalue weighted by Gasteiger charge is -2.30. The summed E-state index contributed by atoms with van der Waals surface area (Å²) in [6.07, 6.45) is 0.742. The van der Waals surface area contributed by atoms with Gasteiger partial charge in [-0.15, -0.1) is 0 Å². The Kier molecular flexibility index (Phi) is 4.78. The average Bonchev–Trinajstić information content (AvgIpc) is 3.25. The maximum Gasteiger partial charge on any atom is 0.410 e. The van der Waals surface area contributed by atoms with E-state index >= 15 is 0 Å². The fourth-order valence-electron chi connectivity index (χ4n) is 2.91.